The van der Waals surface area contributed by atoms with E-state index in [2.05, 4.69) is 10.3 Å². The molecule has 4 nitrogen and oxygen atoms in total. The van der Waals surface area contributed by atoms with E-state index in [1.807, 2.05) is 30.3 Å². The summed E-state index contributed by atoms with van der Waals surface area (Å²) in [4.78, 5) is 15.5. The molecular formula is C11H13N3O. The minimum Gasteiger partial charge on any atom is -0.358 e. The van der Waals surface area contributed by atoms with Crippen molar-refractivity contribution in [3.05, 3.63) is 35.9 Å². The van der Waals surface area contributed by atoms with Gasteiger partial charge < -0.3 is 11.1 Å². The molecule has 0 aromatic heterocycles. The van der Waals surface area contributed by atoms with E-state index in [0.717, 1.165) is 5.56 Å². The van der Waals surface area contributed by atoms with Gasteiger partial charge in [0, 0.05) is 6.42 Å². The lowest BCUT2D eigenvalue weighted by molar-refractivity contribution is -0.118. The molecule has 1 amide bonds. The van der Waals surface area contributed by atoms with Gasteiger partial charge in [0.15, 0.2) is 0 Å². The Bertz CT molecular complexity index is 386. The van der Waals surface area contributed by atoms with Crippen LogP contribution in [0.5, 0.6) is 0 Å². The number of hydrogen-bond acceptors (Lipinski definition) is 3. The third-order valence-electron chi connectivity index (χ3n) is 2.32. The fraction of sp³-hybridized carbons (Fsp3) is 0.273. The number of nitrogens with one attached hydrogen (secondary N) is 1. The Hall–Kier alpha value is -1.68. The van der Waals surface area contributed by atoms with Crippen LogP contribution < -0.4 is 11.1 Å². The molecule has 15 heavy (non-hydrogen) atoms. The fourth-order valence-electron chi connectivity index (χ4n) is 1.59. The van der Waals surface area contributed by atoms with Crippen molar-refractivity contribution >= 4 is 11.7 Å². The highest BCUT2D eigenvalue weighted by Gasteiger charge is 2.26. The molecule has 3 N–H and O–H groups in total. The van der Waals surface area contributed by atoms with E-state index < -0.39 is 0 Å². The fourth-order valence-corrected chi connectivity index (χ4v) is 1.59. The van der Waals surface area contributed by atoms with E-state index in [1.165, 1.54) is 0 Å². The predicted octanol–water partition coefficient (Wildman–Crippen LogP) is 0.605. The van der Waals surface area contributed by atoms with Gasteiger partial charge in [-0.25, -0.2) is 0 Å². The predicted molar refractivity (Wildman–Crippen MR) is 58.4 cm³/mol. The third kappa shape index (κ3) is 2.05. The number of carbonyl (C=O) groups excluding carboxylic acids is 1. The summed E-state index contributed by atoms with van der Waals surface area (Å²) in [5, 5.41) is 3.08. The number of carbonyl (C=O) groups is 1. The molecule has 78 valence electrons. The van der Waals surface area contributed by atoms with Gasteiger partial charge in [-0.1, -0.05) is 30.3 Å². The number of nitrogens with zero attached hydrogens (tertiary/aromatic N) is 1. The van der Waals surface area contributed by atoms with Crippen LogP contribution in [0.1, 0.15) is 18.0 Å². The molecule has 0 spiro atoms. The first kappa shape index (κ1) is 9.86. The Balaban J connectivity index is 2.13. The third-order valence-corrected chi connectivity index (χ3v) is 2.32. The van der Waals surface area contributed by atoms with Gasteiger partial charge in [0.2, 0.25) is 0 Å². The SMILES string of the molecule is NCCC1=NC(=O)C(c2ccccc2)N1. The van der Waals surface area contributed by atoms with Gasteiger partial charge in [-0.05, 0) is 12.1 Å². The van der Waals surface area contributed by atoms with Gasteiger partial charge in [0.25, 0.3) is 5.91 Å². The van der Waals surface area contributed by atoms with Crippen molar-refractivity contribution < 1.29 is 4.79 Å². The summed E-state index contributed by atoms with van der Waals surface area (Å²) in [6, 6.07) is 9.24. The Kier molecular flexibility index (Phi) is 2.78. The normalized spacial score (nSPS) is 19.9. The summed E-state index contributed by atoms with van der Waals surface area (Å²) in [6.07, 6.45) is 0.620. The second-order valence-electron chi connectivity index (χ2n) is 3.42. The van der Waals surface area contributed by atoms with Crippen LogP contribution in [-0.2, 0) is 4.79 Å². The van der Waals surface area contributed by atoms with Gasteiger partial charge in [0.1, 0.15) is 11.9 Å². The van der Waals surface area contributed by atoms with Crippen LogP contribution in [0.2, 0.25) is 0 Å². The Morgan fingerprint density at radius 2 is 2.07 bits per heavy atom. The van der Waals surface area contributed by atoms with E-state index >= 15 is 0 Å². The summed E-state index contributed by atoms with van der Waals surface area (Å²) < 4.78 is 0. The lowest BCUT2D eigenvalue weighted by Crippen LogP contribution is -2.26. The first-order valence-corrected chi connectivity index (χ1v) is 4.94. The van der Waals surface area contributed by atoms with Gasteiger partial charge >= 0.3 is 0 Å². The largest absolute Gasteiger partial charge is 0.358 e. The number of aliphatic imine (C=N–C) groups is 1. The number of benzene rings is 1. The second kappa shape index (κ2) is 4.23. The highest BCUT2D eigenvalue weighted by atomic mass is 16.2. The molecule has 1 aromatic carbocycles. The van der Waals surface area contributed by atoms with Crippen molar-refractivity contribution in [1.82, 2.24) is 5.32 Å². The molecule has 1 aliphatic heterocycles. The molecule has 0 saturated heterocycles. The van der Waals surface area contributed by atoms with Crippen LogP contribution in [0.25, 0.3) is 0 Å². The van der Waals surface area contributed by atoms with Gasteiger partial charge in [-0.2, -0.15) is 4.99 Å². The van der Waals surface area contributed by atoms with Crippen LogP contribution in [0, 0.1) is 0 Å². The summed E-state index contributed by atoms with van der Waals surface area (Å²) in [5.41, 5.74) is 6.35. The average Bonchev–Trinajstić information content (AvgIpc) is 2.61. The molecule has 0 saturated carbocycles. The highest BCUT2D eigenvalue weighted by Crippen LogP contribution is 2.18. The molecule has 1 heterocycles. The minimum atomic E-state index is -0.326. The van der Waals surface area contributed by atoms with E-state index in [-0.39, 0.29) is 11.9 Å². The molecule has 1 aliphatic rings. The van der Waals surface area contributed by atoms with Gasteiger partial charge in [-0.3, -0.25) is 4.79 Å². The summed E-state index contributed by atoms with van der Waals surface area (Å²) in [5.74, 6) is 0.556. The molecule has 0 fully saturated rings. The number of nitrogens with two attached hydrogens (primary N) is 1. The minimum absolute atomic E-state index is 0.135. The van der Waals surface area contributed by atoms with Crippen molar-refractivity contribution in [2.75, 3.05) is 6.54 Å². The van der Waals surface area contributed by atoms with Gasteiger partial charge in [-0.15, -0.1) is 0 Å². The first-order chi connectivity index (χ1) is 7.31. The molecule has 1 atom stereocenters. The second-order valence-corrected chi connectivity index (χ2v) is 3.42. The standard InChI is InChI=1S/C11H13N3O/c12-7-6-9-13-10(11(15)14-9)8-4-2-1-3-5-8/h1-5,10H,6-7,12H2,(H,13,14,15). The van der Waals surface area contributed by atoms with Crippen LogP contribution in [0.3, 0.4) is 0 Å². The van der Waals surface area contributed by atoms with E-state index in [0.29, 0.717) is 18.8 Å². The van der Waals surface area contributed by atoms with Crippen LogP contribution in [-0.4, -0.2) is 18.3 Å². The molecule has 0 radical (unpaired) electrons. The van der Waals surface area contributed by atoms with Crippen molar-refractivity contribution in [3.63, 3.8) is 0 Å². The summed E-state index contributed by atoms with van der Waals surface area (Å²) in [7, 11) is 0. The summed E-state index contributed by atoms with van der Waals surface area (Å²) >= 11 is 0. The van der Waals surface area contributed by atoms with E-state index in [9.17, 15) is 4.79 Å². The lowest BCUT2D eigenvalue weighted by atomic mass is 10.1. The van der Waals surface area contributed by atoms with E-state index in [1.54, 1.807) is 0 Å². The molecular weight excluding hydrogens is 190 g/mol. The molecule has 0 aliphatic carbocycles. The maximum atomic E-state index is 11.6. The zero-order chi connectivity index (χ0) is 10.7. The van der Waals surface area contributed by atoms with Crippen LogP contribution in [0.15, 0.2) is 35.3 Å². The van der Waals surface area contributed by atoms with Crippen molar-refractivity contribution in [2.45, 2.75) is 12.5 Å². The van der Waals surface area contributed by atoms with Crippen LogP contribution >= 0.6 is 0 Å². The molecule has 0 bridgehead atoms. The van der Waals surface area contributed by atoms with Crippen molar-refractivity contribution in [1.29, 1.82) is 0 Å². The number of amidine groups is 1. The Morgan fingerprint density at radius 1 is 1.33 bits per heavy atom. The lowest BCUT2D eigenvalue weighted by Gasteiger charge is -2.09. The van der Waals surface area contributed by atoms with Crippen LogP contribution in [0.4, 0.5) is 0 Å². The number of amides is 1. The van der Waals surface area contributed by atoms with Crippen molar-refractivity contribution in [2.24, 2.45) is 10.7 Å². The maximum Gasteiger partial charge on any atom is 0.274 e. The van der Waals surface area contributed by atoms with Gasteiger partial charge in [0.05, 0.1) is 0 Å². The zero-order valence-electron chi connectivity index (χ0n) is 8.31. The number of hydrogen-bond donors (Lipinski definition) is 2. The quantitative estimate of drug-likeness (QED) is 0.756. The average molecular weight is 203 g/mol. The number of rotatable bonds is 3. The molecule has 1 unspecified atom stereocenters. The zero-order valence-corrected chi connectivity index (χ0v) is 8.31. The van der Waals surface area contributed by atoms with E-state index in [4.69, 9.17) is 5.73 Å². The smallest absolute Gasteiger partial charge is 0.274 e. The summed E-state index contributed by atoms with van der Waals surface area (Å²) in [6.45, 7) is 0.501. The first-order valence-electron chi connectivity index (χ1n) is 4.94. The Labute approximate surface area is 88.2 Å². The molecule has 4 heteroatoms. The van der Waals surface area contributed by atoms with Crippen molar-refractivity contribution in [3.8, 4) is 0 Å². The monoisotopic (exact) mass is 203 g/mol. The highest BCUT2D eigenvalue weighted by molar-refractivity contribution is 6.04. The topological polar surface area (TPSA) is 67.5 Å². The molecule has 2 rings (SSSR count). The molecule has 1 aromatic rings. The Morgan fingerprint density at radius 3 is 2.73 bits per heavy atom. The maximum absolute atomic E-state index is 11.6.